The highest BCUT2D eigenvalue weighted by Crippen LogP contribution is 2.39. The molecule has 1 saturated heterocycles. The number of carbonyl (C=O) groups is 2. The van der Waals surface area contributed by atoms with Gasteiger partial charge >= 0.3 is 19.2 Å². The van der Waals surface area contributed by atoms with Crippen molar-refractivity contribution in [1.29, 1.82) is 0 Å². The molecule has 0 radical (unpaired) electrons. The summed E-state index contributed by atoms with van der Waals surface area (Å²) in [4.78, 5) is 23.9. The van der Waals surface area contributed by atoms with Crippen LogP contribution < -0.4 is 5.32 Å². The van der Waals surface area contributed by atoms with Gasteiger partial charge in [-0.25, -0.2) is 9.59 Å². The van der Waals surface area contributed by atoms with Crippen molar-refractivity contribution >= 4 is 25.3 Å². The Kier molecular flexibility index (Phi) is 6.74. The lowest BCUT2D eigenvalue weighted by molar-refractivity contribution is 0.00578. The Morgan fingerprint density at radius 3 is 2.23 bits per heavy atom. The van der Waals surface area contributed by atoms with Crippen LogP contribution in [0.3, 0.4) is 0 Å². The van der Waals surface area contributed by atoms with Gasteiger partial charge in [0.15, 0.2) is 0 Å². The Hall–Kier alpha value is -2.32. The van der Waals surface area contributed by atoms with Crippen molar-refractivity contribution < 1.29 is 28.7 Å². The second-order valence-electron chi connectivity index (χ2n) is 9.50. The van der Waals surface area contributed by atoms with Gasteiger partial charge in [-0.15, -0.1) is 0 Å². The quantitative estimate of drug-likeness (QED) is 0.697. The minimum absolute atomic E-state index is 0.0825. The van der Waals surface area contributed by atoms with Gasteiger partial charge in [0.2, 0.25) is 0 Å². The van der Waals surface area contributed by atoms with Crippen molar-refractivity contribution in [2.75, 3.05) is 6.54 Å². The second kappa shape index (κ2) is 8.43. The molecule has 0 aromatic heterocycles. The van der Waals surface area contributed by atoms with E-state index in [4.69, 9.17) is 14.0 Å². The molecule has 0 saturated carbocycles. The first-order valence-corrected chi connectivity index (χ1v) is 9.99. The molecule has 0 unspecified atom stereocenters. The molecule has 30 heavy (non-hydrogen) atoms. The van der Waals surface area contributed by atoms with Gasteiger partial charge in [-0.1, -0.05) is 18.2 Å². The molecule has 1 aromatic rings. The minimum atomic E-state index is -1.03. The summed E-state index contributed by atoms with van der Waals surface area (Å²) in [6.07, 6.45) is 1.14. The molecule has 1 aliphatic rings. The third kappa shape index (κ3) is 5.64. The number of aromatic carboxylic acids is 1. The summed E-state index contributed by atoms with van der Waals surface area (Å²) in [5.74, 6) is -1.03. The van der Waals surface area contributed by atoms with Gasteiger partial charge in [0.1, 0.15) is 5.60 Å². The number of amides is 1. The first-order valence-electron chi connectivity index (χ1n) is 9.99. The van der Waals surface area contributed by atoms with Crippen LogP contribution in [-0.2, 0) is 14.0 Å². The molecular formula is C22H32BNO6. The number of carboxylic acid groups (broad SMARTS) is 1. The largest absolute Gasteiger partial charge is 0.492 e. The summed E-state index contributed by atoms with van der Waals surface area (Å²) >= 11 is 0. The fraction of sp³-hybridized carbons (Fsp3) is 0.545. The van der Waals surface area contributed by atoms with Crippen LogP contribution in [0.4, 0.5) is 4.79 Å². The van der Waals surface area contributed by atoms with E-state index in [0.717, 1.165) is 5.56 Å². The highest BCUT2D eigenvalue weighted by molar-refractivity contribution is 6.56. The maximum absolute atomic E-state index is 12.2. The summed E-state index contributed by atoms with van der Waals surface area (Å²) in [5.41, 5.74) is 0.304. The van der Waals surface area contributed by atoms with Crippen LogP contribution in [-0.4, -0.2) is 47.6 Å². The Bertz CT molecular complexity index is 838. The molecule has 0 spiro atoms. The maximum Gasteiger partial charge on any atom is 0.492 e. The van der Waals surface area contributed by atoms with E-state index < -0.39 is 36.0 Å². The van der Waals surface area contributed by atoms with E-state index in [9.17, 15) is 14.7 Å². The number of carbonyl (C=O) groups excluding carboxylic acids is 1. The number of ether oxygens (including phenoxy) is 1. The van der Waals surface area contributed by atoms with Crippen molar-refractivity contribution in [2.24, 2.45) is 0 Å². The summed E-state index contributed by atoms with van der Waals surface area (Å²) in [6, 6.07) is 5.08. The van der Waals surface area contributed by atoms with Crippen LogP contribution >= 0.6 is 0 Å². The van der Waals surface area contributed by atoms with Crippen LogP contribution in [0, 0.1) is 6.92 Å². The molecule has 1 aromatic carbocycles. The van der Waals surface area contributed by atoms with Crippen LogP contribution in [0.25, 0.3) is 6.08 Å². The van der Waals surface area contributed by atoms with E-state index in [1.807, 2.05) is 40.7 Å². The van der Waals surface area contributed by atoms with Gasteiger partial charge < -0.3 is 24.5 Å². The number of benzene rings is 1. The normalized spacial score (nSPS) is 18.3. The maximum atomic E-state index is 12.2. The molecular weight excluding hydrogens is 385 g/mol. The lowest BCUT2D eigenvalue weighted by Crippen LogP contribution is -2.41. The smallest absolute Gasteiger partial charge is 0.478 e. The second-order valence-corrected chi connectivity index (χ2v) is 9.50. The first kappa shape index (κ1) is 24.0. The van der Waals surface area contributed by atoms with E-state index in [1.54, 1.807) is 39.0 Å². The number of hydrogen-bond acceptors (Lipinski definition) is 5. The predicted octanol–water partition coefficient (Wildman–Crippen LogP) is 4.23. The summed E-state index contributed by atoms with van der Waals surface area (Å²) in [6.45, 7) is 15.0. The van der Waals surface area contributed by atoms with Crippen molar-refractivity contribution in [3.8, 4) is 0 Å². The van der Waals surface area contributed by atoms with Gasteiger partial charge in [0, 0.05) is 6.54 Å². The third-order valence-electron chi connectivity index (χ3n) is 5.28. The Morgan fingerprint density at radius 1 is 1.17 bits per heavy atom. The Labute approximate surface area is 178 Å². The number of rotatable bonds is 5. The van der Waals surface area contributed by atoms with Gasteiger partial charge in [-0.05, 0) is 78.1 Å². The number of hydrogen-bond donors (Lipinski definition) is 2. The zero-order chi connectivity index (χ0) is 22.9. The average molecular weight is 417 g/mol. The number of aryl methyl sites for hydroxylation is 1. The van der Waals surface area contributed by atoms with E-state index in [1.165, 1.54) is 0 Å². The van der Waals surface area contributed by atoms with E-state index in [-0.39, 0.29) is 12.1 Å². The van der Waals surface area contributed by atoms with E-state index >= 15 is 0 Å². The molecule has 1 aliphatic heterocycles. The van der Waals surface area contributed by atoms with Gasteiger partial charge in [0.05, 0.1) is 16.8 Å². The summed E-state index contributed by atoms with van der Waals surface area (Å²) < 4.78 is 17.6. The Morgan fingerprint density at radius 2 is 1.73 bits per heavy atom. The molecule has 2 N–H and O–H groups in total. The zero-order valence-corrected chi connectivity index (χ0v) is 19.1. The number of carboxylic acids is 1. The fourth-order valence-electron chi connectivity index (χ4n) is 2.93. The van der Waals surface area contributed by atoms with Crippen molar-refractivity contribution in [3.63, 3.8) is 0 Å². The van der Waals surface area contributed by atoms with Gasteiger partial charge in [0.25, 0.3) is 0 Å². The lowest BCUT2D eigenvalue weighted by atomic mass is 9.76. The predicted molar refractivity (Wildman–Crippen MR) is 116 cm³/mol. The van der Waals surface area contributed by atoms with Gasteiger partial charge in [-0.3, -0.25) is 0 Å². The highest BCUT2D eigenvalue weighted by atomic mass is 16.7. The minimum Gasteiger partial charge on any atom is -0.478 e. The molecule has 2 rings (SSSR count). The van der Waals surface area contributed by atoms with Crippen molar-refractivity contribution in [2.45, 2.75) is 72.2 Å². The van der Waals surface area contributed by atoms with Crippen LogP contribution in [0.5, 0.6) is 0 Å². The first-order chi connectivity index (χ1) is 13.6. The molecule has 1 heterocycles. The van der Waals surface area contributed by atoms with Gasteiger partial charge in [-0.2, -0.15) is 0 Å². The molecule has 1 amide bonds. The van der Waals surface area contributed by atoms with Crippen LogP contribution in [0.15, 0.2) is 23.7 Å². The monoisotopic (exact) mass is 417 g/mol. The fourth-order valence-corrected chi connectivity index (χ4v) is 2.93. The van der Waals surface area contributed by atoms with E-state index in [2.05, 4.69) is 5.32 Å². The number of alkyl carbamates (subject to hydrolysis) is 1. The molecule has 0 atom stereocenters. The van der Waals surface area contributed by atoms with Crippen LogP contribution in [0.2, 0.25) is 0 Å². The molecule has 1 fully saturated rings. The molecule has 8 heteroatoms. The van der Waals surface area contributed by atoms with Crippen LogP contribution in [0.1, 0.15) is 70.0 Å². The molecule has 164 valence electrons. The third-order valence-corrected chi connectivity index (χ3v) is 5.28. The molecule has 7 nitrogen and oxygen atoms in total. The summed E-state index contributed by atoms with van der Waals surface area (Å²) in [5, 5.41) is 12.3. The topological polar surface area (TPSA) is 94.1 Å². The van der Waals surface area contributed by atoms with E-state index in [0.29, 0.717) is 11.0 Å². The summed E-state index contributed by atoms with van der Waals surface area (Å²) in [7, 11) is -0.744. The molecule has 0 aliphatic carbocycles. The standard InChI is InChI=1S/C22H32BNO6/c1-14-10-9-11-16(18(25)26)17(14)12-15(13-24-19(27)28-20(2,3)4)23-29-21(5,6)22(7,8)30-23/h9-12H,13H2,1-8H3,(H,24,27)(H,25,26). The van der Waals surface area contributed by atoms with Crippen molar-refractivity contribution in [3.05, 3.63) is 40.4 Å². The highest BCUT2D eigenvalue weighted by Gasteiger charge is 2.52. The molecule has 0 bridgehead atoms. The average Bonchev–Trinajstić information content (AvgIpc) is 2.78. The zero-order valence-electron chi connectivity index (χ0n) is 19.1. The van der Waals surface area contributed by atoms with Crippen molar-refractivity contribution in [1.82, 2.24) is 5.32 Å². The SMILES string of the molecule is Cc1cccc(C(=O)O)c1C=C(CNC(=O)OC(C)(C)C)B1OC(C)(C)C(C)(C)O1. The number of nitrogens with one attached hydrogen (secondary N) is 1. The lowest BCUT2D eigenvalue weighted by Gasteiger charge is -2.32. The Balaban J connectivity index is 2.42.